The van der Waals surface area contributed by atoms with Crippen LogP contribution in [0, 0.1) is 3.95 Å². The zero-order chi connectivity index (χ0) is 20.0. The minimum Gasteiger partial charge on any atom is -0.288 e. The predicted molar refractivity (Wildman–Crippen MR) is 127 cm³/mol. The summed E-state index contributed by atoms with van der Waals surface area (Å²) in [7, 11) is 0. The standard InChI is InChI=1S/C23H15BrN2OS2/c24-17-12-10-15(11-13-17)14-25-21-20(16-6-2-1-3-7-16)29-23(28)26(21)19-9-5-4-8-18(19)22(25)27/h1-13H,14H2. The molecule has 5 rings (SSSR count). The van der Waals surface area contributed by atoms with Gasteiger partial charge in [-0.3, -0.25) is 13.8 Å². The van der Waals surface area contributed by atoms with Crippen molar-refractivity contribution in [2.45, 2.75) is 6.54 Å². The molecule has 3 aromatic carbocycles. The average Bonchev–Trinajstić information content (AvgIpc) is 3.10. The van der Waals surface area contributed by atoms with Crippen LogP contribution in [0.3, 0.4) is 0 Å². The molecule has 0 N–H and O–H groups in total. The molecule has 0 radical (unpaired) electrons. The van der Waals surface area contributed by atoms with Crippen LogP contribution in [-0.4, -0.2) is 8.97 Å². The van der Waals surface area contributed by atoms with Gasteiger partial charge in [-0.15, -0.1) is 11.3 Å². The summed E-state index contributed by atoms with van der Waals surface area (Å²) >= 11 is 10.8. The van der Waals surface area contributed by atoms with Crippen molar-refractivity contribution < 1.29 is 0 Å². The molecule has 0 saturated heterocycles. The minimum absolute atomic E-state index is 0.00602. The number of halogens is 1. The molecule has 0 bridgehead atoms. The lowest BCUT2D eigenvalue weighted by Crippen LogP contribution is -2.23. The summed E-state index contributed by atoms with van der Waals surface area (Å²) in [6.45, 7) is 0.478. The first-order valence-corrected chi connectivity index (χ1v) is 11.1. The average molecular weight is 479 g/mol. The van der Waals surface area contributed by atoms with Crippen LogP contribution in [0.2, 0.25) is 0 Å². The molecule has 2 aromatic heterocycles. The Bertz CT molecular complexity index is 1470. The summed E-state index contributed by atoms with van der Waals surface area (Å²) in [6, 6.07) is 25.9. The Morgan fingerprint density at radius 3 is 2.34 bits per heavy atom. The molecule has 0 fully saturated rings. The second kappa shape index (κ2) is 7.37. The van der Waals surface area contributed by atoms with Crippen LogP contribution in [0.4, 0.5) is 0 Å². The van der Waals surface area contributed by atoms with Gasteiger partial charge in [0.2, 0.25) is 0 Å². The number of aromatic nitrogens is 2. The van der Waals surface area contributed by atoms with E-state index in [1.54, 1.807) is 11.3 Å². The molecule has 0 aliphatic heterocycles. The molecule has 29 heavy (non-hydrogen) atoms. The van der Waals surface area contributed by atoms with E-state index in [4.69, 9.17) is 12.2 Å². The Balaban J connectivity index is 1.90. The van der Waals surface area contributed by atoms with Crippen LogP contribution < -0.4 is 5.56 Å². The number of hydrogen-bond donors (Lipinski definition) is 0. The third-order valence-corrected chi connectivity index (χ3v) is 6.89. The van der Waals surface area contributed by atoms with Gasteiger partial charge in [-0.1, -0.05) is 70.5 Å². The fraction of sp³-hybridized carbons (Fsp3) is 0.0435. The Morgan fingerprint density at radius 1 is 0.897 bits per heavy atom. The highest BCUT2D eigenvalue weighted by atomic mass is 79.9. The molecule has 3 nitrogen and oxygen atoms in total. The van der Waals surface area contributed by atoms with Gasteiger partial charge in [0.05, 0.1) is 22.3 Å². The lowest BCUT2D eigenvalue weighted by molar-refractivity contribution is 0.780. The first kappa shape index (κ1) is 18.5. The maximum atomic E-state index is 13.5. The molecule has 0 spiro atoms. The van der Waals surface area contributed by atoms with Gasteiger partial charge >= 0.3 is 0 Å². The summed E-state index contributed by atoms with van der Waals surface area (Å²) in [4.78, 5) is 14.5. The molecular weight excluding hydrogens is 464 g/mol. The predicted octanol–water partition coefficient (Wildman–Crippen LogP) is 6.52. The van der Waals surface area contributed by atoms with Crippen molar-refractivity contribution in [1.29, 1.82) is 0 Å². The Labute approximate surface area is 184 Å². The highest BCUT2D eigenvalue weighted by Gasteiger charge is 2.18. The lowest BCUT2D eigenvalue weighted by atomic mass is 10.1. The fourth-order valence-corrected chi connectivity index (χ4v) is 5.31. The second-order valence-electron chi connectivity index (χ2n) is 6.76. The van der Waals surface area contributed by atoms with E-state index < -0.39 is 0 Å². The number of benzene rings is 3. The Morgan fingerprint density at radius 2 is 1.59 bits per heavy atom. The van der Waals surface area contributed by atoms with Crippen molar-refractivity contribution in [3.63, 3.8) is 0 Å². The molecule has 0 aliphatic carbocycles. The summed E-state index contributed by atoms with van der Waals surface area (Å²) < 4.78 is 5.64. The molecule has 5 aromatic rings. The van der Waals surface area contributed by atoms with E-state index in [9.17, 15) is 4.79 Å². The number of rotatable bonds is 3. The van der Waals surface area contributed by atoms with E-state index in [-0.39, 0.29) is 5.56 Å². The first-order valence-electron chi connectivity index (χ1n) is 9.10. The molecule has 0 unspecified atom stereocenters. The highest BCUT2D eigenvalue weighted by molar-refractivity contribution is 9.10. The van der Waals surface area contributed by atoms with Gasteiger partial charge in [0.15, 0.2) is 3.95 Å². The van der Waals surface area contributed by atoms with Crippen molar-refractivity contribution in [3.05, 3.63) is 103 Å². The first-order chi connectivity index (χ1) is 14.1. The van der Waals surface area contributed by atoms with Crippen LogP contribution in [-0.2, 0) is 6.54 Å². The van der Waals surface area contributed by atoms with Crippen molar-refractivity contribution in [2.75, 3.05) is 0 Å². The largest absolute Gasteiger partial charge is 0.288 e. The summed E-state index contributed by atoms with van der Waals surface area (Å²) in [5.74, 6) is 0. The van der Waals surface area contributed by atoms with Crippen LogP contribution in [0.15, 0.2) is 88.1 Å². The number of para-hydroxylation sites is 1. The third kappa shape index (κ3) is 3.17. The monoisotopic (exact) mass is 478 g/mol. The quantitative estimate of drug-likeness (QED) is 0.275. The molecular formula is C23H15BrN2OS2. The number of nitrogens with zero attached hydrogens (tertiary/aromatic N) is 2. The van der Waals surface area contributed by atoms with E-state index >= 15 is 0 Å². The summed E-state index contributed by atoms with van der Waals surface area (Å²) in [5.41, 5.74) is 3.81. The molecule has 2 heterocycles. The number of fused-ring (bicyclic) bond motifs is 3. The minimum atomic E-state index is -0.00602. The Kier molecular flexibility index (Phi) is 4.70. The molecule has 0 aliphatic rings. The molecule has 6 heteroatoms. The van der Waals surface area contributed by atoms with Gasteiger partial charge in [0.25, 0.3) is 5.56 Å². The van der Waals surface area contributed by atoms with Crippen molar-refractivity contribution in [3.8, 4) is 10.4 Å². The van der Waals surface area contributed by atoms with Crippen molar-refractivity contribution in [2.24, 2.45) is 0 Å². The van der Waals surface area contributed by atoms with E-state index in [1.165, 1.54) is 0 Å². The topological polar surface area (TPSA) is 26.4 Å². The second-order valence-corrected chi connectivity index (χ2v) is 9.32. The smallest absolute Gasteiger partial charge is 0.261 e. The van der Waals surface area contributed by atoms with Gasteiger partial charge in [0.1, 0.15) is 5.65 Å². The van der Waals surface area contributed by atoms with Crippen molar-refractivity contribution >= 4 is 56.0 Å². The van der Waals surface area contributed by atoms with Crippen LogP contribution in [0.1, 0.15) is 5.56 Å². The van der Waals surface area contributed by atoms with Gasteiger partial charge < -0.3 is 0 Å². The maximum absolute atomic E-state index is 13.5. The molecule has 0 amide bonds. The molecule has 142 valence electrons. The zero-order valence-electron chi connectivity index (χ0n) is 15.2. The third-order valence-electron chi connectivity index (χ3n) is 4.95. The van der Waals surface area contributed by atoms with E-state index in [0.717, 1.165) is 35.6 Å². The van der Waals surface area contributed by atoms with E-state index in [2.05, 4.69) is 28.1 Å². The summed E-state index contributed by atoms with van der Waals surface area (Å²) in [6.07, 6.45) is 0. The molecule has 0 saturated carbocycles. The van der Waals surface area contributed by atoms with Crippen molar-refractivity contribution in [1.82, 2.24) is 8.97 Å². The molecule has 0 atom stereocenters. The van der Waals surface area contributed by atoms with Crippen LogP contribution in [0.25, 0.3) is 27.0 Å². The van der Waals surface area contributed by atoms with Gasteiger partial charge in [-0.25, -0.2) is 0 Å². The number of hydrogen-bond acceptors (Lipinski definition) is 3. The normalized spacial score (nSPS) is 11.3. The lowest BCUT2D eigenvalue weighted by Gasteiger charge is -2.13. The van der Waals surface area contributed by atoms with Gasteiger partial charge in [0, 0.05) is 4.47 Å². The fourth-order valence-electron chi connectivity index (χ4n) is 3.61. The van der Waals surface area contributed by atoms with E-state index in [0.29, 0.717) is 11.9 Å². The zero-order valence-corrected chi connectivity index (χ0v) is 18.4. The summed E-state index contributed by atoms with van der Waals surface area (Å²) in [5, 5.41) is 0.672. The van der Waals surface area contributed by atoms with Gasteiger partial charge in [-0.05, 0) is 47.6 Å². The van der Waals surface area contributed by atoms with Crippen LogP contribution >= 0.6 is 39.5 Å². The SMILES string of the molecule is O=c1c2ccccc2n2c(=S)sc(-c3ccccc3)c2n1Cc1ccc(Br)cc1. The maximum Gasteiger partial charge on any atom is 0.261 e. The highest BCUT2D eigenvalue weighted by Crippen LogP contribution is 2.33. The van der Waals surface area contributed by atoms with Gasteiger partial charge in [-0.2, -0.15) is 0 Å². The number of thiazole rings is 1. The van der Waals surface area contributed by atoms with Crippen LogP contribution in [0.5, 0.6) is 0 Å². The van der Waals surface area contributed by atoms with E-state index in [1.807, 2.05) is 75.7 Å². The Hall–Kier alpha value is -2.54.